The number of benzene rings is 2. The van der Waals surface area contributed by atoms with Crippen molar-refractivity contribution < 1.29 is 91.8 Å². The first-order valence-corrected chi connectivity index (χ1v) is 30.7. The maximum Gasteiger partial charge on any atom is 0.242 e. The van der Waals surface area contributed by atoms with Crippen LogP contribution in [0.5, 0.6) is 0 Å². The van der Waals surface area contributed by atoms with Gasteiger partial charge in [-0.05, 0) is 37.3 Å². The van der Waals surface area contributed by atoms with Crippen LogP contribution in [0.3, 0.4) is 0 Å². The van der Waals surface area contributed by atoms with Gasteiger partial charge in [0.1, 0.15) is 30.5 Å². The molecule has 2 aliphatic heterocycles. The first-order valence-electron chi connectivity index (χ1n) is 30.7. The average Bonchev–Trinajstić information content (AvgIpc) is 1.84. The van der Waals surface area contributed by atoms with Crippen LogP contribution >= 0.6 is 0 Å². The van der Waals surface area contributed by atoms with E-state index in [1.54, 1.807) is 4.90 Å². The molecule has 2 heterocycles. The average molecular weight is 1230 g/mol. The highest BCUT2D eigenvalue weighted by atomic mass is 16.7. The maximum absolute atomic E-state index is 13.8. The summed E-state index contributed by atoms with van der Waals surface area (Å²) in [5.41, 5.74) is 16.7. The van der Waals surface area contributed by atoms with Gasteiger partial charge in [0.25, 0.3) is 0 Å². The molecule has 2 aromatic rings. The number of hydrogen-bond acceptors (Lipinski definition) is 21. The lowest BCUT2D eigenvalue weighted by Crippen LogP contribution is -2.59. The molecule has 2 aromatic carbocycles. The summed E-state index contributed by atoms with van der Waals surface area (Å²) in [6.07, 6.45) is 0.417. The molecule has 492 valence electrons. The first-order chi connectivity index (χ1) is 42.4. The Morgan fingerprint density at radius 3 is 1.72 bits per heavy atom. The Labute approximate surface area is 511 Å². The number of rotatable bonds is 50. The van der Waals surface area contributed by atoms with Crippen molar-refractivity contribution in [3.05, 3.63) is 65.2 Å². The highest BCUT2D eigenvalue weighted by molar-refractivity contribution is 6.02. The summed E-state index contributed by atoms with van der Waals surface area (Å²) in [7, 11) is 0. The molecule has 0 bridgehead atoms. The summed E-state index contributed by atoms with van der Waals surface area (Å²) in [4.78, 5) is 65.0. The molecule has 5 amide bonds. The number of hydrogen-bond donors (Lipinski definition) is 10. The Kier molecular flexibility index (Phi) is 39.0. The molecule has 0 aliphatic carbocycles. The van der Waals surface area contributed by atoms with Gasteiger partial charge in [-0.15, -0.1) is 0 Å². The number of fused-ring (bicyclic) bond motifs is 2. The predicted octanol–water partition coefficient (Wildman–Crippen LogP) is 1.15. The van der Waals surface area contributed by atoms with Crippen LogP contribution < -0.4 is 37.6 Å². The van der Waals surface area contributed by atoms with Crippen LogP contribution in [0.15, 0.2) is 48.5 Å². The van der Waals surface area contributed by atoms with E-state index < -0.39 is 61.1 Å². The van der Waals surface area contributed by atoms with Gasteiger partial charge in [-0.3, -0.25) is 24.0 Å². The fraction of sp³-hybridized carbons (Fsp3) is 0.689. The number of aliphatic hydroxyl groups excluding tert-OH is 4. The van der Waals surface area contributed by atoms with E-state index in [9.17, 15) is 44.4 Å². The maximum atomic E-state index is 13.8. The smallest absolute Gasteiger partial charge is 0.242 e. The normalized spacial score (nSPS) is 18.7. The minimum absolute atomic E-state index is 0.00721. The number of carbonyl (C=O) groups is 5. The van der Waals surface area contributed by atoms with E-state index in [0.29, 0.717) is 155 Å². The van der Waals surface area contributed by atoms with E-state index in [-0.39, 0.29) is 63.7 Å². The van der Waals surface area contributed by atoms with Crippen LogP contribution in [0.1, 0.15) is 107 Å². The number of amides is 5. The number of unbranched alkanes of at least 4 members (excludes halogenated alkanes) is 6. The van der Waals surface area contributed by atoms with Crippen molar-refractivity contribution in [2.75, 3.05) is 143 Å². The minimum Gasteiger partial charge on any atom is -0.397 e. The molecule has 0 spiro atoms. The molecule has 1 fully saturated rings. The zero-order valence-corrected chi connectivity index (χ0v) is 50.8. The van der Waals surface area contributed by atoms with Crippen molar-refractivity contribution in [1.29, 1.82) is 0 Å². The number of nitrogens with one attached hydrogen (secondary N) is 4. The third-order valence-electron chi connectivity index (χ3n) is 14.0. The molecule has 0 aromatic heterocycles. The van der Waals surface area contributed by atoms with Crippen molar-refractivity contribution in [3.63, 3.8) is 0 Å². The minimum atomic E-state index is -1.51. The van der Waals surface area contributed by atoms with E-state index >= 15 is 0 Å². The molecule has 87 heavy (non-hydrogen) atoms. The van der Waals surface area contributed by atoms with E-state index in [1.807, 2.05) is 48.5 Å². The van der Waals surface area contributed by atoms with Gasteiger partial charge in [0.2, 0.25) is 29.5 Å². The van der Waals surface area contributed by atoms with Crippen LogP contribution in [-0.2, 0) is 77.9 Å². The molecular formula is C61H99N7O19. The molecule has 0 radical (unpaired) electrons. The lowest BCUT2D eigenvalue weighted by Gasteiger charge is -2.39. The number of aliphatic hydroxyl groups is 4. The van der Waals surface area contributed by atoms with E-state index in [4.69, 9.17) is 58.8 Å². The third-order valence-corrected chi connectivity index (χ3v) is 14.0. The molecular weight excluding hydrogens is 1130 g/mol. The quantitative estimate of drug-likeness (QED) is 0.0415. The molecule has 12 N–H and O–H groups in total. The van der Waals surface area contributed by atoms with Crippen molar-refractivity contribution in [3.8, 4) is 0 Å². The highest BCUT2D eigenvalue weighted by Gasteiger charge is 2.44. The van der Waals surface area contributed by atoms with Gasteiger partial charge in [-0.25, -0.2) is 0 Å². The Bertz CT molecular complexity index is 2280. The summed E-state index contributed by atoms with van der Waals surface area (Å²) >= 11 is 0. The topological polar surface area (TPSA) is 362 Å². The van der Waals surface area contributed by atoms with Crippen LogP contribution in [0.2, 0.25) is 0 Å². The Morgan fingerprint density at radius 1 is 0.586 bits per heavy atom. The summed E-state index contributed by atoms with van der Waals surface area (Å²) < 4.78 is 55.6. The zero-order valence-electron chi connectivity index (χ0n) is 50.8. The highest BCUT2D eigenvalue weighted by Crippen LogP contribution is 2.35. The fourth-order valence-corrected chi connectivity index (χ4v) is 9.21. The number of ether oxygens (including phenoxy) is 10. The second-order valence-electron chi connectivity index (χ2n) is 20.8. The van der Waals surface area contributed by atoms with Gasteiger partial charge in [-0.2, -0.15) is 0 Å². The van der Waals surface area contributed by atoms with Gasteiger partial charge in [0, 0.05) is 63.1 Å². The number of anilines is 1. The standard InChI is InChI=1S/C61H99N7O19/c1-2-3-4-11-23-64-52(71)20-21-54(73)68-43-45-14-7-8-15-46(45)55(63)56(47-16-9-10-17-49(47)68)65-25-28-79-30-32-81-34-36-83-38-40-85-42-41-84-39-37-82-35-33-80-31-29-78-27-22-53(72)67-48(18-19-51(62)70)60(77)66-24-12-5-6-13-26-86-61-59(76)58(75)57(74)50(44-69)87-61/h7-10,14-17,48,50,57-59,61,65,69,74-76H,2-6,11-13,18-44,63H2,1H3,(H2,62,70)(H,64,71)(H,66,77)(H,67,72)/b56-55-/t48?,50-,57-,58+,59+,61+/m1/s1. The van der Waals surface area contributed by atoms with Crippen molar-refractivity contribution in [2.45, 2.75) is 134 Å². The second kappa shape index (κ2) is 45.8. The Hall–Kier alpha value is -5.43. The summed E-state index contributed by atoms with van der Waals surface area (Å²) in [5.74, 6) is -1.71. The van der Waals surface area contributed by atoms with Crippen LogP contribution in [-0.4, -0.2) is 225 Å². The summed E-state index contributed by atoms with van der Waals surface area (Å²) in [6.45, 7) is 9.31. The lowest BCUT2D eigenvalue weighted by molar-refractivity contribution is -0.301. The van der Waals surface area contributed by atoms with Crippen molar-refractivity contribution >= 4 is 46.6 Å². The fourth-order valence-electron chi connectivity index (χ4n) is 9.21. The number of nitrogens with zero attached hydrogens (tertiary/aromatic N) is 1. The number of nitrogens with two attached hydrogens (primary N) is 2. The molecule has 26 heteroatoms. The van der Waals surface area contributed by atoms with Gasteiger partial charge in [0.15, 0.2) is 6.29 Å². The summed E-state index contributed by atoms with van der Waals surface area (Å²) in [5, 5.41) is 51.0. The summed E-state index contributed by atoms with van der Waals surface area (Å²) in [6, 6.07) is 14.5. The molecule has 1 saturated heterocycles. The number of para-hydroxylation sites is 1. The molecule has 6 atom stereocenters. The molecule has 0 saturated carbocycles. The van der Waals surface area contributed by atoms with Crippen molar-refractivity contribution in [1.82, 2.24) is 21.3 Å². The van der Waals surface area contributed by atoms with Gasteiger partial charge in [-0.1, -0.05) is 81.5 Å². The van der Waals surface area contributed by atoms with Gasteiger partial charge >= 0.3 is 0 Å². The third kappa shape index (κ3) is 30.1. The van der Waals surface area contributed by atoms with Gasteiger partial charge in [0.05, 0.1) is 136 Å². The molecule has 2 aliphatic rings. The lowest BCUT2D eigenvalue weighted by atomic mass is 9.96. The zero-order chi connectivity index (χ0) is 62.7. The van der Waals surface area contributed by atoms with Crippen LogP contribution in [0.25, 0.3) is 11.4 Å². The van der Waals surface area contributed by atoms with Crippen LogP contribution in [0, 0.1) is 0 Å². The Balaban J connectivity index is 0.922. The van der Waals surface area contributed by atoms with E-state index in [2.05, 4.69) is 28.2 Å². The number of carbonyl (C=O) groups excluding carboxylic acids is 5. The van der Waals surface area contributed by atoms with E-state index in [0.717, 1.165) is 48.8 Å². The van der Waals surface area contributed by atoms with E-state index in [1.165, 1.54) is 0 Å². The molecule has 26 nitrogen and oxygen atoms in total. The Morgan fingerprint density at radius 2 is 1.13 bits per heavy atom. The molecule has 1 unspecified atom stereocenters. The number of primary amides is 1. The molecule has 4 rings (SSSR count). The largest absolute Gasteiger partial charge is 0.397 e. The predicted molar refractivity (Wildman–Crippen MR) is 322 cm³/mol. The van der Waals surface area contributed by atoms with Gasteiger partial charge < -0.3 is 105 Å². The second-order valence-corrected chi connectivity index (χ2v) is 20.8. The first kappa shape index (κ1) is 74.0. The monoisotopic (exact) mass is 1230 g/mol. The van der Waals surface area contributed by atoms with Crippen molar-refractivity contribution in [2.24, 2.45) is 11.5 Å². The SMILES string of the molecule is CCCCCCNC(=O)CCC(=O)N1Cc2ccccc2/C(N)=C(/NCCOCCOCCOCCOCCOCCOCCOCCOCCC(=O)NC(CCC(N)=O)C(=O)NCCCCCCO[C@H]2O[C@H](CO)[C@@H](O)[C@H](O)[C@@H]2O)c2ccccc21. The van der Waals surface area contributed by atoms with Crippen LogP contribution in [0.4, 0.5) is 5.69 Å².